The van der Waals surface area contributed by atoms with Gasteiger partial charge in [-0.05, 0) is 31.0 Å². The van der Waals surface area contributed by atoms with Crippen LogP contribution in [0.25, 0.3) is 5.69 Å². The largest absolute Gasteiger partial charge is 0.478 e. The first-order valence-electron chi connectivity index (χ1n) is 5.74. The highest BCUT2D eigenvalue weighted by atomic mass is 19.1. The first kappa shape index (κ1) is 11.0. The zero-order valence-electron chi connectivity index (χ0n) is 9.51. The molecule has 0 radical (unpaired) electrons. The molecule has 5 heteroatoms. The number of benzene rings is 1. The molecule has 0 aliphatic heterocycles. The third kappa shape index (κ3) is 1.77. The first-order valence-corrected chi connectivity index (χ1v) is 5.74. The van der Waals surface area contributed by atoms with E-state index in [1.807, 2.05) is 6.07 Å². The highest BCUT2D eigenvalue weighted by Gasteiger charge is 2.26. The summed E-state index contributed by atoms with van der Waals surface area (Å²) in [5, 5.41) is 13.3. The Morgan fingerprint density at radius 1 is 1.39 bits per heavy atom. The van der Waals surface area contributed by atoms with E-state index in [9.17, 15) is 9.18 Å². The summed E-state index contributed by atoms with van der Waals surface area (Å²) in [6.07, 6.45) is 3.80. The van der Waals surface area contributed by atoms with Crippen LogP contribution in [0.4, 0.5) is 4.39 Å². The van der Waals surface area contributed by atoms with Crippen molar-refractivity contribution in [1.29, 1.82) is 0 Å². The molecule has 4 nitrogen and oxygen atoms in total. The average Bonchev–Trinajstić information content (AvgIpc) is 3.08. The normalized spacial score (nSPS) is 14.7. The smallest absolute Gasteiger partial charge is 0.338 e. The van der Waals surface area contributed by atoms with Gasteiger partial charge in [-0.1, -0.05) is 6.07 Å². The Hall–Kier alpha value is -2.17. The van der Waals surface area contributed by atoms with Crippen LogP contribution in [-0.4, -0.2) is 20.9 Å². The number of hydrogen-bond donors (Lipinski definition) is 1. The van der Waals surface area contributed by atoms with Crippen LogP contribution in [-0.2, 0) is 0 Å². The van der Waals surface area contributed by atoms with Gasteiger partial charge in [0.2, 0.25) is 0 Å². The maximum Gasteiger partial charge on any atom is 0.338 e. The molecule has 3 rings (SSSR count). The van der Waals surface area contributed by atoms with Gasteiger partial charge in [0.25, 0.3) is 0 Å². The molecule has 92 valence electrons. The van der Waals surface area contributed by atoms with Crippen molar-refractivity contribution in [2.45, 2.75) is 18.8 Å². The van der Waals surface area contributed by atoms with Gasteiger partial charge in [0.1, 0.15) is 11.5 Å². The van der Waals surface area contributed by atoms with Gasteiger partial charge in [-0.3, -0.25) is 0 Å². The summed E-state index contributed by atoms with van der Waals surface area (Å²) in [4.78, 5) is 11.1. The summed E-state index contributed by atoms with van der Waals surface area (Å²) < 4.78 is 15.1. The standard InChI is InChI=1S/C13H11FN2O2/c14-10-3-1-2-9(13(17)18)12(10)16-7-6-11(15-16)8-4-5-8/h1-3,6-8H,4-5H2,(H,17,18). The molecule has 1 aromatic carbocycles. The number of carboxylic acids is 1. The summed E-state index contributed by atoms with van der Waals surface area (Å²) in [5.41, 5.74) is 0.812. The van der Waals surface area contributed by atoms with Crippen molar-refractivity contribution in [3.05, 3.63) is 47.5 Å². The van der Waals surface area contributed by atoms with Crippen LogP contribution in [0.2, 0.25) is 0 Å². The predicted molar refractivity (Wildman–Crippen MR) is 62.5 cm³/mol. The van der Waals surface area contributed by atoms with E-state index in [0.29, 0.717) is 5.92 Å². The van der Waals surface area contributed by atoms with Crippen molar-refractivity contribution < 1.29 is 14.3 Å². The van der Waals surface area contributed by atoms with Gasteiger partial charge in [0.05, 0.1) is 11.3 Å². The highest BCUT2D eigenvalue weighted by Crippen LogP contribution is 2.39. The van der Waals surface area contributed by atoms with Gasteiger partial charge in [-0.25, -0.2) is 13.9 Å². The van der Waals surface area contributed by atoms with Crippen molar-refractivity contribution in [2.24, 2.45) is 0 Å². The van der Waals surface area contributed by atoms with Gasteiger partial charge in [0, 0.05) is 12.1 Å². The zero-order chi connectivity index (χ0) is 12.7. The second kappa shape index (κ2) is 3.94. The minimum absolute atomic E-state index is 0.00287. The second-order valence-corrected chi connectivity index (χ2v) is 4.40. The van der Waals surface area contributed by atoms with Crippen LogP contribution in [0.1, 0.15) is 34.8 Å². The Bertz CT molecular complexity index is 617. The third-order valence-corrected chi connectivity index (χ3v) is 3.05. The van der Waals surface area contributed by atoms with Crippen LogP contribution < -0.4 is 0 Å². The number of carboxylic acid groups (broad SMARTS) is 1. The lowest BCUT2D eigenvalue weighted by Gasteiger charge is -2.07. The molecular formula is C13H11FN2O2. The molecule has 2 aromatic rings. The first-order chi connectivity index (χ1) is 8.66. The molecule has 1 aromatic heterocycles. The SMILES string of the molecule is O=C(O)c1cccc(F)c1-n1ccc(C2CC2)n1. The van der Waals surface area contributed by atoms with Crippen LogP contribution in [0.3, 0.4) is 0 Å². The summed E-state index contributed by atoms with van der Waals surface area (Å²) in [6.45, 7) is 0. The summed E-state index contributed by atoms with van der Waals surface area (Å²) in [6, 6.07) is 5.81. The van der Waals surface area contributed by atoms with Gasteiger partial charge in [-0.2, -0.15) is 5.10 Å². The molecule has 0 spiro atoms. The topological polar surface area (TPSA) is 55.1 Å². The average molecular weight is 246 g/mol. The maximum absolute atomic E-state index is 13.8. The summed E-state index contributed by atoms with van der Waals surface area (Å²) in [5.74, 6) is -1.29. The molecular weight excluding hydrogens is 235 g/mol. The molecule has 0 amide bonds. The van der Waals surface area contributed by atoms with Crippen molar-refractivity contribution >= 4 is 5.97 Å². The van der Waals surface area contributed by atoms with E-state index >= 15 is 0 Å². The molecule has 0 saturated heterocycles. The van der Waals surface area contributed by atoms with E-state index in [2.05, 4.69) is 5.10 Å². The Labute approximate surface area is 103 Å². The lowest BCUT2D eigenvalue weighted by atomic mass is 10.1. The highest BCUT2D eigenvalue weighted by molar-refractivity contribution is 5.91. The Kier molecular flexibility index (Phi) is 2.40. The Balaban J connectivity index is 2.11. The van der Waals surface area contributed by atoms with Crippen molar-refractivity contribution in [3.63, 3.8) is 0 Å². The van der Waals surface area contributed by atoms with E-state index in [-0.39, 0.29) is 11.3 Å². The van der Waals surface area contributed by atoms with E-state index < -0.39 is 11.8 Å². The van der Waals surface area contributed by atoms with Crippen LogP contribution in [0.15, 0.2) is 30.5 Å². The Morgan fingerprint density at radius 3 is 2.83 bits per heavy atom. The summed E-state index contributed by atoms with van der Waals surface area (Å²) >= 11 is 0. The molecule has 1 aliphatic rings. The van der Waals surface area contributed by atoms with Crippen molar-refractivity contribution in [3.8, 4) is 5.69 Å². The fraction of sp³-hybridized carbons (Fsp3) is 0.231. The third-order valence-electron chi connectivity index (χ3n) is 3.05. The van der Waals surface area contributed by atoms with E-state index in [0.717, 1.165) is 18.5 Å². The maximum atomic E-state index is 13.8. The van der Waals surface area contributed by atoms with Crippen LogP contribution in [0, 0.1) is 5.82 Å². The molecule has 0 atom stereocenters. The lowest BCUT2D eigenvalue weighted by Crippen LogP contribution is -2.08. The van der Waals surface area contributed by atoms with Gasteiger partial charge >= 0.3 is 5.97 Å². The number of rotatable bonds is 3. The van der Waals surface area contributed by atoms with Crippen LogP contribution >= 0.6 is 0 Å². The quantitative estimate of drug-likeness (QED) is 0.905. The van der Waals surface area contributed by atoms with Crippen molar-refractivity contribution in [2.75, 3.05) is 0 Å². The Morgan fingerprint density at radius 2 is 2.17 bits per heavy atom. The molecule has 1 heterocycles. The number of halogens is 1. The molecule has 1 saturated carbocycles. The molecule has 0 bridgehead atoms. The number of para-hydroxylation sites is 1. The van der Waals surface area contributed by atoms with E-state index in [1.165, 1.54) is 22.9 Å². The molecule has 1 aliphatic carbocycles. The minimum atomic E-state index is -1.16. The van der Waals surface area contributed by atoms with Gasteiger partial charge < -0.3 is 5.11 Å². The predicted octanol–water partition coefficient (Wildman–Crippen LogP) is 2.59. The number of aromatic nitrogens is 2. The monoisotopic (exact) mass is 246 g/mol. The molecule has 1 fully saturated rings. The number of nitrogens with zero attached hydrogens (tertiary/aromatic N) is 2. The lowest BCUT2D eigenvalue weighted by molar-refractivity contribution is 0.0696. The fourth-order valence-corrected chi connectivity index (χ4v) is 1.98. The van der Waals surface area contributed by atoms with Crippen LogP contribution in [0.5, 0.6) is 0 Å². The number of hydrogen-bond acceptors (Lipinski definition) is 2. The second-order valence-electron chi connectivity index (χ2n) is 4.40. The van der Waals surface area contributed by atoms with Gasteiger partial charge in [-0.15, -0.1) is 0 Å². The van der Waals surface area contributed by atoms with E-state index in [1.54, 1.807) is 6.20 Å². The molecule has 18 heavy (non-hydrogen) atoms. The minimum Gasteiger partial charge on any atom is -0.478 e. The molecule has 1 N–H and O–H groups in total. The summed E-state index contributed by atoms with van der Waals surface area (Å²) in [7, 11) is 0. The van der Waals surface area contributed by atoms with Gasteiger partial charge in [0.15, 0.2) is 0 Å². The zero-order valence-corrected chi connectivity index (χ0v) is 9.51. The van der Waals surface area contributed by atoms with Crippen molar-refractivity contribution in [1.82, 2.24) is 9.78 Å². The fourth-order valence-electron chi connectivity index (χ4n) is 1.98. The number of aromatic carboxylic acids is 1. The number of carbonyl (C=O) groups is 1. The molecule has 0 unspecified atom stereocenters. The van der Waals surface area contributed by atoms with E-state index in [4.69, 9.17) is 5.11 Å².